The van der Waals surface area contributed by atoms with E-state index in [4.69, 9.17) is 10.5 Å². The lowest BCUT2D eigenvalue weighted by molar-refractivity contribution is -0.136. The summed E-state index contributed by atoms with van der Waals surface area (Å²) in [7, 11) is 1.33. The molecule has 0 unspecified atom stereocenters. The molecule has 0 aliphatic carbocycles. The minimum absolute atomic E-state index is 0.00911. The molecule has 1 aromatic carbocycles. The molecule has 1 aliphatic rings. The Hall–Kier alpha value is -4.68. The van der Waals surface area contributed by atoms with Crippen molar-refractivity contribution in [1.82, 2.24) is 29.8 Å². The molecule has 3 aromatic heterocycles. The van der Waals surface area contributed by atoms with Crippen LogP contribution in [0.25, 0.3) is 16.8 Å². The largest absolute Gasteiger partial charge is 0.480 e. The lowest BCUT2D eigenvalue weighted by atomic mass is 10.1. The van der Waals surface area contributed by atoms with Crippen molar-refractivity contribution in [3.05, 3.63) is 71.7 Å². The van der Waals surface area contributed by atoms with Gasteiger partial charge in [0.25, 0.3) is 11.8 Å². The van der Waals surface area contributed by atoms with E-state index in [1.807, 2.05) is 13.0 Å². The third kappa shape index (κ3) is 4.82. The number of nitrogens with two attached hydrogens (primary N) is 1. The summed E-state index contributed by atoms with van der Waals surface area (Å²) in [6.07, 6.45) is -2.39. The first-order valence-electron chi connectivity index (χ1n) is 12.0. The number of benzene rings is 1. The summed E-state index contributed by atoms with van der Waals surface area (Å²) in [5, 5.41) is 6.87. The molecule has 4 aromatic rings. The third-order valence-corrected chi connectivity index (χ3v) is 6.71. The molecule has 5 rings (SSSR count). The number of ether oxygens (including phenoxy) is 1. The standard InChI is InChI=1S/C26H24F3N7O3/c1-14-11-35(25(38)15-6-4-3-5-7-15)12-19(14)34-23(37)17-8-16(10-31-24(17)39-2)20-9-18(26(27,28)29)21-22(30)32-13-33-36(20)21/h3-10,13-14,19H,11-12H2,1-2H3,(H,34,37)(H2,30,32,33)/t14-,19+/m0/s1. The van der Waals surface area contributed by atoms with Gasteiger partial charge in [0, 0.05) is 30.4 Å². The first-order chi connectivity index (χ1) is 18.6. The molecule has 0 radical (unpaired) electrons. The van der Waals surface area contributed by atoms with Crippen LogP contribution in [0.15, 0.2) is 55.0 Å². The van der Waals surface area contributed by atoms with Gasteiger partial charge in [-0.25, -0.2) is 14.5 Å². The van der Waals surface area contributed by atoms with E-state index < -0.39 is 23.2 Å². The summed E-state index contributed by atoms with van der Waals surface area (Å²) < 4.78 is 47.6. The molecule has 1 fully saturated rings. The Morgan fingerprint density at radius 1 is 1.13 bits per heavy atom. The number of hydrogen-bond acceptors (Lipinski definition) is 7. The van der Waals surface area contributed by atoms with Gasteiger partial charge in [-0.05, 0) is 30.2 Å². The second-order valence-electron chi connectivity index (χ2n) is 9.26. The van der Waals surface area contributed by atoms with Crippen LogP contribution in [-0.2, 0) is 6.18 Å². The summed E-state index contributed by atoms with van der Waals surface area (Å²) in [6, 6.07) is 10.8. The van der Waals surface area contributed by atoms with E-state index in [0.29, 0.717) is 18.7 Å². The number of carbonyl (C=O) groups is 2. The van der Waals surface area contributed by atoms with Crippen LogP contribution in [0, 0.1) is 5.92 Å². The zero-order valence-corrected chi connectivity index (χ0v) is 20.9. The highest BCUT2D eigenvalue weighted by atomic mass is 19.4. The summed E-state index contributed by atoms with van der Waals surface area (Å²) in [5.41, 5.74) is 5.10. The zero-order valence-electron chi connectivity index (χ0n) is 20.9. The molecule has 13 heteroatoms. The van der Waals surface area contributed by atoms with Crippen molar-refractivity contribution >= 4 is 23.1 Å². The van der Waals surface area contributed by atoms with Gasteiger partial charge in [0.15, 0.2) is 5.82 Å². The van der Waals surface area contributed by atoms with Crippen LogP contribution in [0.1, 0.15) is 33.2 Å². The van der Waals surface area contributed by atoms with Gasteiger partial charge in [-0.15, -0.1) is 0 Å². The molecule has 39 heavy (non-hydrogen) atoms. The number of hydrogen-bond donors (Lipinski definition) is 2. The molecule has 202 valence electrons. The maximum Gasteiger partial charge on any atom is 0.418 e. The highest BCUT2D eigenvalue weighted by Gasteiger charge is 2.37. The number of anilines is 1. The van der Waals surface area contributed by atoms with Gasteiger partial charge in [0.2, 0.25) is 5.88 Å². The Morgan fingerprint density at radius 2 is 1.87 bits per heavy atom. The van der Waals surface area contributed by atoms with E-state index in [0.717, 1.165) is 16.9 Å². The molecule has 10 nitrogen and oxygen atoms in total. The quantitative estimate of drug-likeness (QED) is 0.398. The van der Waals surface area contributed by atoms with Gasteiger partial charge in [-0.3, -0.25) is 9.59 Å². The minimum Gasteiger partial charge on any atom is -0.480 e. The van der Waals surface area contributed by atoms with Gasteiger partial charge >= 0.3 is 6.18 Å². The van der Waals surface area contributed by atoms with Gasteiger partial charge in [-0.2, -0.15) is 18.3 Å². The first kappa shape index (κ1) is 25.9. The van der Waals surface area contributed by atoms with E-state index in [-0.39, 0.29) is 46.4 Å². The fraction of sp³-hybridized carbons (Fsp3) is 0.269. The van der Waals surface area contributed by atoms with Crippen LogP contribution in [0.4, 0.5) is 19.0 Å². The third-order valence-electron chi connectivity index (χ3n) is 6.71. The predicted molar refractivity (Wildman–Crippen MR) is 135 cm³/mol. The second kappa shape index (κ2) is 9.89. The lowest BCUT2D eigenvalue weighted by Gasteiger charge is -2.18. The zero-order chi connectivity index (χ0) is 27.9. The number of methoxy groups -OCH3 is 1. The average Bonchev–Trinajstić information content (AvgIpc) is 3.50. The second-order valence-corrected chi connectivity index (χ2v) is 9.26. The predicted octanol–water partition coefficient (Wildman–Crippen LogP) is 3.29. The van der Waals surface area contributed by atoms with Crippen molar-refractivity contribution < 1.29 is 27.5 Å². The van der Waals surface area contributed by atoms with E-state index in [1.54, 1.807) is 29.2 Å². The van der Waals surface area contributed by atoms with E-state index in [1.165, 1.54) is 19.4 Å². The number of carbonyl (C=O) groups excluding carboxylic acids is 2. The number of nitrogens with zero attached hydrogens (tertiary/aromatic N) is 5. The van der Waals surface area contributed by atoms with Crippen molar-refractivity contribution in [2.45, 2.75) is 19.1 Å². The number of halogens is 3. The van der Waals surface area contributed by atoms with Gasteiger partial charge in [0.1, 0.15) is 17.4 Å². The SMILES string of the molecule is COc1ncc(-c2cc(C(F)(F)F)c3c(N)ncnn23)cc1C(=O)N[C@@H]1CN(C(=O)c2ccccc2)C[C@@H]1C. The fourth-order valence-corrected chi connectivity index (χ4v) is 4.74. The number of nitrogen functional groups attached to an aromatic ring is 1. The van der Waals surface area contributed by atoms with Crippen LogP contribution >= 0.6 is 0 Å². The molecule has 1 saturated heterocycles. The lowest BCUT2D eigenvalue weighted by Crippen LogP contribution is -2.40. The molecule has 2 amide bonds. The maximum absolute atomic E-state index is 13.8. The van der Waals surface area contributed by atoms with Crippen LogP contribution in [0.3, 0.4) is 0 Å². The number of aromatic nitrogens is 4. The van der Waals surface area contributed by atoms with Crippen molar-refractivity contribution in [3.8, 4) is 17.1 Å². The summed E-state index contributed by atoms with van der Waals surface area (Å²) >= 11 is 0. The number of amides is 2. The van der Waals surface area contributed by atoms with Gasteiger partial charge in [0.05, 0.1) is 24.4 Å². The summed E-state index contributed by atoms with van der Waals surface area (Å²) in [4.78, 5) is 35.8. The van der Waals surface area contributed by atoms with Crippen molar-refractivity contribution in [3.63, 3.8) is 0 Å². The Kier molecular flexibility index (Phi) is 6.58. The highest BCUT2D eigenvalue weighted by Crippen LogP contribution is 2.39. The fourth-order valence-electron chi connectivity index (χ4n) is 4.74. The molecule has 0 saturated carbocycles. The van der Waals surface area contributed by atoms with E-state index in [2.05, 4.69) is 20.4 Å². The first-order valence-corrected chi connectivity index (χ1v) is 12.0. The Labute approximate surface area is 220 Å². The normalized spacial score (nSPS) is 17.4. The van der Waals surface area contributed by atoms with Gasteiger partial charge < -0.3 is 20.7 Å². The number of likely N-dealkylation sites (tertiary alicyclic amines) is 1. The van der Waals surface area contributed by atoms with Crippen molar-refractivity contribution in [1.29, 1.82) is 0 Å². The number of nitrogens with one attached hydrogen (secondary N) is 1. The Bertz CT molecular complexity index is 1560. The summed E-state index contributed by atoms with van der Waals surface area (Å²) in [5.74, 6) is -1.08. The smallest absolute Gasteiger partial charge is 0.418 e. The molecular formula is C26H24F3N7O3. The Morgan fingerprint density at radius 3 is 2.56 bits per heavy atom. The number of pyridine rings is 1. The molecule has 2 atom stereocenters. The molecule has 1 aliphatic heterocycles. The molecule has 0 bridgehead atoms. The van der Waals surface area contributed by atoms with Gasteiger partial charge in [-0.1, -0.05) is 25.1 Å². The molecule has 3 N–H and O–H groups in total. The summed E-state index contributed by atoms with van der Waals surface area (Å²) in [6.45, 7) is 2.67. The Balaban J connectivity index is 1.44. The number of rotatable bonds is 5. The maximum atomic E-state index is 13.8. The van der Waals surface area contributed by atoms with Crippen LogP contribution in [0.5, 0.6) is 5.88 Å². The van der Waals surface area contributed by atoms with Crippen molar-refractivity contribution in [2.75, 3.05) is 25.9 Å². The van der Waals surface area contributed by atoms with E-state index in [9.17, 15) is 22.8 Å². The van der Waals surface area contributed by atoms with Crippen LogP contribution in [0.2, 0.25) is 0 Å². The van der Waals surface area contributed by atoms with Crippen molar-refractivity contribution in [2.24, 2.45) is 5.92 Å². The van der Waals surface area contributed by atoms with Crippen LogP contribution < -0.4 is 15.8 Å². The monoisotopic (exact) mass is 539 g/mol. The topological polar surface area (TPSA) is 128 Å². The molecule has 0 spiro atoms. The van der Waals surface area contributed by atoms with Crippen LogP contribution in [-0.4, -0.2) is 62.5 Å². The minimum atomic E-state index is -4.72. The van der Waals surface area contributed by atoms with E-state index >= 15 is 0 Å². The molecule has 4 heterocycles. The number of fused-ring (bicyclic) bond motifs is 1. The number of alkyl halides is 3. The highest BCUT2D eigenvalue weighted by molar-refractivity contribution is 5.98. The molecular weight excluding hydrogens is 515 g/mol. The average molecular weight is 540 g/mol.